The molecule has 2 rings (SSSR count). The first kappa shape index (κ1) is 12.1. The van der Waals surface area contributed by atoms with E-state index in [9.17, 15) is 0 Å². The zero-order chi connectivity index (χ0) is 11.5. The van der Waals surface area contributed by atoms with E-state index >= 15 is 0 Å². The van der Waals surface area contributed by atoms with Gasteiger partial charge < -0.3 is 9.67 Å². The second-order valence-electron chi connectivity index (χ2n) is 3.11. The molecule has 0 amide bonds. The van der Waals surface area contributed by atoms with Crippen LogP contribution in [0.2, 0.25) is 0 Å². The van der Waals surface area contributed by atoms with E-state index in [1.165, 1.54) is 4.88 Å². The molecular formula is C9H10BrN3OS2. The monoisotopic (exact) mass is 319 g/mol. The smallest absolute Gasteiger partial charge is 0.191 e. The van der Waals surface area contributed by atoms with Crippen LogP contribution in [0, 0.1) is 0 Å². The molecule has 2 heterocycles. The molecule has 86 valence electrons. The van der Waals surface area contributed by atoms with Gasteiger partial charge in [-0.05, 0) is 28.1 Å². The van der Waals surface area contributed by atoms with Gasteiger partial charge in [0.15, 0.2) is 11.0 Å². The van der Waals surface area contributed by atoms with Gasteiger partial charge in [-0.1, -0.05) is 11.8 Å². The van der Waals surface area contributed by atoms with Crippen LogP contribution in [0.1, 0.15) is 10.7 Å². The first-order chi connectivity index (χ1) is 7.70. The molecule has 0 saturated carbocycles. The number of aliphatic hydroxyl groups is 1. The van der Waals surface area contributed by atoms with Gasteiger partial charge in [-0.15, -0.1) is 21.5 Å². The predicted molar refractivity (Wildman–Crippen MR) is 68.5 cm³/mol. The fourth-order valence-electron chi connectivity index (χ4n) is 1.17. The summed E-state index contributed by atoms with van der Waals surface area (Å²) in [7, 11) is 1.86. The highest BCUT2D eigenvalue weighted by Crippen LogP contribution is 2.28. The average molecular weight is 320 g/mol. The predicted octanol–water partition coefficient (Wildman–Crippen LogP) is 2.42. The summed E-state index contributed by atoms with van der Waals surface area (Å²) in [5.41, 5.74) is 0. The van der Waals surface area contributed by atoms with E-state index in [1.807, 2.05) is 17.7 Å². The molecule has 2 aromatic rings. The minimum Gasteiger partial charge on any atom is -0.388 e. The molecule has 0 radical (unpaired) electrons. The lowest BCUT2D eigenvalue weighted by molar-refractivity contribution is 0.266. The lowest BCUT2D eigenvalue weighted by atomic mass is 10.5. The van der Waals surface area contributed by atoms with Crippen molar-refractivity contribution in [3.8, 4) is 0 Å². The third-order valence-corrected chi connectivity index (χ3v) is 4.91. The van der Waals surface area contributed by atoms with E-state index < -0.39 is 0 Å². The maximum Gasteiger partial charge on any atom is 0.191 e. The van der Waals surface area contributed by atoms with Crippen LogP contribution >= 0.6 is 39.0 Å². The van der Waals surface area contributed by atoms with E-state index in [0.29, 0.717) is 5.82 Å². The number of rotatable bonds is 4. The number of thioether (sulfide) groups is 1. The van der Waals surface area contributed by atoms with Crippen molar-refractivity contribution >= 4 is 39.0 Å². The number of aliphatic hydroxyl groups excluding tert-OH is 1. The summed E-state index contributed by atoms with van der Waals surface area (Å²) in [6.45, 7) is -0.0748. The molecule has 1 N–H and O–H groups in total. The van der Waals surface area contributed by atoms with Crippen molar-refractivity contribution in [3.05, 3.63) is 26.6 Å². The van der Waals surface area contributed by atoms with Crippen molar-refractivity contribution < 1.29 is 5.11 Å². The molecule has 0 spiro atoms. The van der Waals surface area contributed by atoms with E-state index in [0.717, 1.165) is 14.7 Å². The Balaban J connectivity index is 2.02. The lowest BCUT2D eigenvalue weighted by Gasteiger charge is -2.00. The maximum atomic E-state index is 8.98. The van der Waals surface area contributed by atoms with Gasteiger partial charge in [0.25, 0.3) is 0 Å². The van der Waals surface area contributed by atoms with Gasteiger partial charge in [0.2, 0.25) is 0 Å². The van der Waals surface area contributed by atoms with Crippen molar-refractivity contribution in [3.63, 3.8) is 0 Å². The van der Waals surface area contributed by atoms with E-state index in [-0.39, 0.29) is 6.61 Å². The average Bonchev–Trinajstić information content (AvgIpc) is 2.83. The standard InChI is InChI=1S/C9H10BrN3OS2/c1-13-8(4-14)11-12-9(13)15-5-6-2-3-7(10)16-6/h2-3,14H,4-5H2,1H3. The van der Waals surface area contributed by atoms with Crippen molar-refractivity contribution in [1.82, 2.24) is 14.8 Å². The summed E-state index contributed by atoms with van der Waals surface area (Å²) in [4.78, 5) is 1.28. The Labute approximate surface area is 110 Å². The third-order valence-electron chi connectivity index (χ3n) is 2.04. The Morgan fingerprint density at radius 1 is 1.50 bits per heavy atom. The molecule has 0 aromatic carbocycles. The second-order valence-corrected chi connectivity index (χ2v) is 6.60. The fraction of sp³-hybridized carbons (Fsp3) is 0.333. The SMILES string of the molecule is Cn1c(CO)nnc1SCc1ccc(Br)s1. The van der Waals surface area contributed by atoms with Crippen LogP contribution in [-0.2, 0) is 19.4 Å². The van der Waals surface area contributed by atoms with Gasteiger partial charge in [-0.3, -0.25) is 0 Å². The fourth-order valence-corrected chi connectivity index (χ4v) is 3.63. The van der Waals surface area contributed by atoms with E-state index in [2.05, 4.69) is 32.2 Å². The van der Waals surface area contributed by atoms with Gasteiger partial charge in [0, 0.05) is 17.7 Å². The lowest BCUT2D eigenvalue weighted by Crippen LogP contribution is -1.98. The van der Waals surface area contributed by atoms with Crippen molar-refractivity contribution in [2.24, 2.45) is 7.05 Å². The molecule has 0 unspecified atom stereocenters. The first-order valence-electron chi connectivity index (χ1n) is 4.57. The van der Waals surface area contributed by atoms with Crippen LogP contribution in [-0.4, -0.2) is 19.9 Å². The Hall–Kier alpha value is -0.370. The van der Waals surface area contributed by atoms with Crippen molar-refractivity contribution in [1.29, 1.82) is 0 Å². The number of hydrogen-bond donors (Lipinski definition) is 1. The zero-order valence-corrected chi connectivity index (χ0v) is 11.8. The topological polar surface area (TPSA) is 50.9 Å². The number of aromatic nitrogens is 3. The zero-order valence-electron chi connectivity index (χ0n) is 8.55. The van der Waals surface area contributed by atoms with Gasteiger partial charge in [0.1, 0.15) is 6.61 Å². The molecule has 0 aliphatic rings. The molecule has 0 bridgehead atoms. The summed E-state index contributed by atoms with van der Waals surface area (Å²) in [5, 5.41) is 17.7. The van der Waals surface area contributed by atoms with Gasteiger partial charge >= 0.3 is 0 Å². The van der Waals surface area contributed by atoms with Gasteiger partial charge in [-0.25, -0.2) is 0 Å². The third kappa shape index (κ3) is 2.65. The Morgan fingerprint density at radius 3 is 2.88 bits per heavy atom. The highest BCUT2D eigenvalue weighted by atomic mass is 79.9. The van der Waals surface area contributed by atoms with Crippen molar-refractivity contribution in [2.45, 2.75) is 17.5 Å². The van der Waals surface area contributed by atoms with Crippen molar-refractivity contribution in [2.75, 3.05) is 0 Å². The molecule has 0 aliphatic carbocycles. The Kier molecular flexibility index (Phi) is 4.01. The summed E-state index contributed by atoms with van der Waals surface area (Å²) in [6.07, 6.45) is 0. The normalized spacial score (nSPS) is 10.9. The summed E-state index contributed by atoms with van der Waals surface area (Å²) >= 11 is 6.76. The molecule has 0 saturated heterocycles. The summed E-state index contributed by atoms with van der Waals surface area (Å²) in [5.74, 6) is 1.46. The number of hydrogen-bond acceptors (Lipinski definition) is 5. The number of nitrogens with zero attached hydrogens (tertiary/aromatic N) is 3. The number of thiophene rings is 1. The van der Waals surface area contributed by atoms with E-state index in [1.54, 1.807) is 23.1 Å². The largest absolute Gasteiger partial charge is 0.388 e. The molecule has 4 nitrogen and oxygen atoms in total. The van der Waals surface area contributed by atoms with Crippen LogP contribution in [0.5, 0.6) is 0 Å². The van der Waals surface area contributed by atoms with Crippen LogP contribution in [0.25, 0.3) is 0 Å². The molecule has 2 aromatic heterocycles. The highest BCUT2D eigenvalue weighted by Gasteiger charge is 2.08. The minimum absolute atomic E-state index is 0.0748. The summed E-state index contributed by atoms with van der Waals surface area (Å²) in [6, 6.07) is 4.13. The van der Waals surface area contributed by atoms with Gasteiger partial charge in [-0.2, -0.15) is 0 Å². The minimum atomic E-state index is -0.0748. The van der Waals surface area contributed by atoms with Crippen LogP contribution < -0.4 is 0 Å². The van der Waals surface area contributed by atoms with Gasteiger partial charge in [0.05, 0.1) is 3.79 Å². The number of halogens is 1. The first-order valence-corrected chi connectivity index (χ1v) is 7.16. The second kappa shape index (κ2) is 5.31. The van der Waals surface area contributed by atoms with Crippen LogP contribution in [0.3, 0.4) is 0 Å². The molecule has 0 aliphatic heterocycles. The highest BCUT2D eigenvalue weighted by molar-refractivity contribution is 9.11. The maximum absolute atomic E-state index is 8.98. The quantitative estimate of drug-likeness (QED) is 0.879. The van der Waals surface area contributed by atoms with Crippen LogP contribution in [0.4, 0.5) is 0 Å². The Morgan fingerprint density at radius 2 is 2.31 bits per heavy atom. The van der Waals surface area contributed by atoms with E-state index in [4.69, 9.17) is 5.11 Å². The molecule has 0 atom stereocenters. The molecular weight excluding hydrogens is 310 g/mol. The Bertz CT molecular complexity index is 483. The molecule has 16 heavy (non-hydrogen) atoms. The molecule has 7 heteroatoms. The molecule has 0 fully saturated rings. The summed E-state index contributed by atoms with van der Waals surface area (Å²) < 4.78 is 2.95. The van der Waals surface area contributed by atoms with Crippen LogP contribution in [0.15, 0.2) is 21.1 Å².